The summed E-state index contributed by atoms with van der Waals surface area (Å²) >= 11 is 4.93. The Morgan fingerprint density at radius 3 is 2.69 bits per heavy atom. The maximum atomic E-state index is 12.4. The molecule has 4 aromatic rings. The first-order valence-electron chi connectivity index (χ1n) is 8.03. The van der Waals surface area contributed by atoms with Crippen LogP contribution >= 0.6 is 27.7 Å². The van der Waals surface area contributed by atoms with Crippen molar-refractivity contribution in [3.63, 3.8) is 0 Å². The van der Waals surface area contributed by atoms with Crippen LogP contribution in [0.3, 0.4) is 0 Å². The van der Waals surface area contributed by atoms with Crippen molar-refractivity contribution in [2.45, 2.75) is 17.8 Å². The number of benzene rings is 2. The number of rotatable bonds is 4. The van der Waals surface area contributed by atoms with Gasteiger partial charge >= 0.3 is 0 Å². The van der Waals surface area contributed by atoms with Crippen LogP contribution in [0.4, 0.5) is 0 Å². The molecule has 0 radical (unpaired) electrons. The van der Waals surface area contributed by atoms with Gasteiger partial charge in [-0.25, -0.2) is 9.67 Å². The smallest absolute Gasteiger partial charge is 0.262 e. The van der Waals surface area contributed by atoms with Gasteiger partial charge in [-0.1, -0.05) is 58.0 Å². The molecule has 2 aromatic carbocycles. The molecule has 0 atom stereocenters. The molecule has 0 bridgehead atoms. The number of halogens is 1. The number of fused-ring (bicyclic) bond motifs is 1. The molecule has 0 amide bonds. The van der Waals surface area contributed by atoms with Crippen LogP contribution < -0.4 is 5.56 Å². The van der Waals surface area contributed by atoms with Crippen molar-refractivity contribution < 1.29 is 0 Å². The Labute approximate surface area is 162 Å². The quantitative estimate of drug-likeness (QED) is 0.386. The fraction of sp³-hybridized carbons (Fsp3) is 0.105. The monoisotopic (exact) mass is 426 g/mol. The van der Waals surface area contributed by atoms with E-state index in [1.807, 2.05) is 55.5 Å². The molecule has 7 heteroatoms. The molecular formula is C19H15BrN4OS. The second-order valence-electron chi connectivity index (χ2n) is 5.87. The summed E-state index contributed by atoms with van der Waals surface area (Å²) in [5.41, 5.74) is 3.55. The molecule has 1 N–H and O–H groups in total. The number of aromatic amines is 1. The van der Waals surface area contributed by atoms with E-state index < -0.39 is 0 Å². The number of thioether (sulfide) groups is 1. The molecule has 2 heterocycles. The normalized spacial score (nSPS) is 11.2. The number of aryl methyl sites for hydroxylation is 1. The van der Waals surface area contributed by atoms with Crippen LogP contribution in [0.2, 0.25) is 0 Å². The Kier molecular flexibility index (Phi) is 4.65. The summed E-state index contributed by atoms with van der Waals surface area (Å²) in [5.74, 6) is 0.722. The Balaban J connectivity index is 1.71. The van der Waals surface area contributed by atoms with E-state index in [2.05, 4.69) is 31.0 Å². The Morgan fingerprint density at radius 1 is 1.15 bits per heavy atom. The Hall–Kier alpha value is -2.38. The molecule has 0 aliphatic carbocycles. The van der Waals surface area contributed by atoms with Gasteiger partial charge in [0.1, 0.15) is 5.39 Å². The number of para-hydroxylation sites is 1. The molecule has 130 valence electrons. The molecule has 0 unspecified atom stereocenters. The fourth-order valence-electron chi connectivity index (χ4n) is 2.68. The molecule has 0 saturated carbocycles. The van der Waals surface area contributed by atoms with Gasteiger partial charge in [0.15, 0.2) is 10.8 Å². The summed E-state index contributed by atoms with van der Waals surface area (Å²) in [7, 11) is 0. The van der Waals surface area contributed by atoms with Crippen LogP contribution in [0, 0.1) is 6.92 Å². The lowest BCUT2D eigenvalue weighted by atomic mass is 10.2. The van der Waals surface area contributed by atoms with Gasteiger partial charge in [-0.3, -0.25) is 4.79 Å². The first kappa shape index (κ1) is 17.1. The summed E-state index contributed by atoms with van der Waals surface area (Å²) in [4.78, 5) is 19.9. The van der Waals surface area contributed by atoms with Crippen molar-refractivity contribution in [3.05, 3.63) is 80.7 Å². The zero-order valence-corrected chi connectivity index (χ0v) is 16.3. The van der Waals surface area contributed by atoms with Crippen molar-refractivity contribution in [2.24, 2.45) is 0 Å². The lowest BCUT2D eigenvalue weighted by molar-refractivity contribution is 0.867. The molecule has 26 heavy (non-hydrogen) atoms. The third-order valence-corrected chi connectivity index (χ3v) is 5.52. The molecule has 0 spiro atoms. The molecular weight excluding hydrogens is 412 g/mol. The van der Waals surface area contributed by atoms with Gasteiger partial charge in [0.05, 0.1) is 11.9 Å². The number of aromatic nitrogens is 4. The molecule has 0 saturated heterocycles. The van der Waals surface area contributed by atoms with E-state index in [-0.39, 0.29) is 5.56 Å². The number of nitrogens with one attached hydrogen (secondary N) is 1. The zero-order valence-electron chi connectivity index (χ0n) is 13.9. The van der Waals surface area contributed by atoms with Crippen molar-refractivity contribution in [3.8, 4) is 5.69 Å². The van der Waals surface area contributed by atoms with Gasteiger partial charge in [-0.15, -0.1) is 0 Å². The minimum Gasteiger partial charge on any atom is -0.301 e. The topological polar surface area (TPSA) is 63.6 Å². The lowest BCUT2D eigenvalue weighted by Gasteiger charge is -2.07. The standard InChI is InChI=1S/C19H15BrN4OS/c1-12-4-2-3-5-16(12)24-17-15(10-21-24)18(25)23-19(22-17)26-11-13-6-8-14(20)9-7-13/h2-10H,11H2,1H3,(H,22,23,25). The highest BCUT2D eigenvalue weighted by atomic mass is 79.9. The molecule has 5 nitrogen and oxygen atoms in total. The maximum absolute atomic E-state index is 12.4. The minimum atomic E-state index is -0.173. The van der Waals surface area contributed by atoms with Gasteiger partial charge in [0.25, 0.3) is 5.56 Å². The summed E-state index contributed by atoms with van der Waals surface area (Å²) in [6.45, 7) is 2.01. The van der Waals surface area contributed by atoms with E-state index in [9.17, 15) is 4.79 Å². The lowest BCUT2D eigenvalue weighted by Crippen LogP contribution is -2.10. The SMILES string of the molecule is Cc1ccccc1-n1ncc2c(=O)[nH]c(SCc3ccc(Br)cc3)nc21. The predicted octanol–water partition coefficient (Wildman–Crippen LogP) is 4.47. The first-order chi connectivity index (χ1) is 12.6. The van der Waals surface area contributed by atoms with Crippen molar-refractivity contribution in [2.75, 3.05) is 0 Å². The highest BCUT2D eigenvalue weighted by Crippen LogP contribution is 2.23. The van der Waals surface area contributed by atoms with Crippen LogP contribution in [0.25, 0.3) is 16.7 Å². The van der Waals surface area contributed by atoms with Crippen LogP contribution in [0.5, 0.6) is 0 Å². The van der Waals surface area contributed by atoms with Crippen LogP contribution in [-0.4, -0.2) is 19.7 Å². The first-order valence-corrected chi connectivity index (χ1v) is 9.81. The van der Waals surface area contributed by atoms with Crippen LogP contribution in [-0.2, 0) is 5.75 Å². The van der Waals surface area contributed by atoms with E-state index in [4.69, 9.17) is 0 Å². The number of hydrogen-bond acceptors (Lipinski definition) is 4. The summed E-state index contributed by atoms with van der Waals surface area (Å²) < 4.78 is 2.77. The average Bonchev–Trinajstić information content (AvgIpc) is 3.06. The average molecular weight is 427 g/mol. The van der Waals surface area contributed by atoms with Crippen molar-refractivity contribution >= 4 is 38.7 Å². The van der Waals surface area contributed by atoms with Gasteiger partial charge in [-0.2, -0.15) is 5.10 Å². The molecule has 4 rings (SSSR count). The Bertz CT molecular complexity index is 1130. The predicted molar refractivity (Wildman–Crippen MR) is 108 cm³/mol. The third kappa shape index (κ3) is 3.32. The van der Waals surface area contributed by atoms with Gasteiger partial charge in [-0.05, 0) is 36.2 Å². The largest absolute Gasteiger partial charge is 0.301 e. The van der Waals surface area contributed by atoms with Gasteiger partial charge < -0.3 is 4.98 Å². The molecule has 0 aliphatic rings. The molecule has 0 fully saturated rings. The van der Waals surface area contributed by atoms with E-state index in [1.165, 1.54) is 11.8 Å². The van der Waals surface area contributed by atoms with Crippen LogP contribution in [0.15, 0.2) is 69.2 Å². The van der Waals surface area contributed by atoms with Gasteiger partial charge in [0, 0.05) is 10.2 Å². The van der Waals surface area contributed by atoms with Crippen LogP contribution in [0.1, 0.15) is 11.1 Å². The maximum Gasteiger partial charge on any atom is 0.262 e. The van der Waals surface area contributed by atoms with E-state index in [0.29, 0.717) is 16.2 Å². The molecule has 0 aliphatic heterocycles. The Morgan fingerprint density at radius 2 is 1.92 bits per heavy atom. The summed E-state index contributed by atoms with van der Waals surface area (Å²) in [5, 5.41) is 5.45. The minimum absolute atomic E-state index is 0.173. The van der Waals surface area contributed by atoms with E-state index in [1.54, 1.807) is 10.9 Å². The van der Waals surface area contributed by atoms with E-state index in [0.717, 1.165) is 27.0 Å². The second kappa shape index (κ2) is 7.09. The highest BCUT2D eigenvalue weighted by Gasteiger charge is 2.13. The van der Waals surface area contributed by atoms with Crippen molar-refractivity contribution in [1.82, 2.24) is 19.7 Å². The highest BCUT2D eigenvalue weighted by molar-refractivity contribution is 9.10. The van der Waals surface area contributed by atoms with Gasteiger partial charge in [0.2, 0.25) is 0 Å². The number of nitrogens with zero attached hydrogens (tertiary/aromatic N) is 3. The number of H-pyrrole nitrogens is 1. The molecule has 2 aromatic heterocycles. The summed E-state index contributed by atoms with van der Waals surface area (Å²) in [6.07, 6.45) is 1.57. The number of hydrogen-bond donors (Lipinski definition) is 1. The fourth-order valence-corrected chi connectivity index (χ4v) is 3.75. The second-order valence-corrected chi connectivity index (χ2v) is 7.75. The van der Waals surface area contributed by atoms with Crippen molar-refractivity contribution in [1.29, 1.82) is 0 Å². The third-order valence-electron chi connectivity index (χ3n) is 4.05. The zero-order chi connectivity index (χ0) is 18.1. The summed E-state index contributed by atoms with van der Waals surface area (Å²) in [6, 6.07) is 16.0. The van der Waals surface area contributed by atoms with E-state index >= 15 is 0 Å².